The molecule has 142 valence electrons. The Morgan fingerprint density at radius 1 is 1.33 bits per heavy atom. The number of halogens is 1. The third kappa shape index (κ3) is 5.45. The van der Waals surface area contributed by atoms with Crippen molar-refractivity contribution >= 4 is 51.5 Å². The molecule has 0 saturated heterocycles. The number of thiophene rings is 1. The maximum atomic E-state index is 12.3. The Kier molecular flexibility index (Phi) is 7.13. The Morgan fingerprint density at radius 2 is 2.19 bits per heavy atom. The van der Waals surface area contributed by atoms with Gasteiger partial charge in [-0.05, 0) is 42.4 Å². The highest BCUT2D eigenvalue weighted by Gasteiger charge is 2.13. The van der Waals surface area contributed by atoms with Crippen molar-refractivity contribution in [3.63, 3.8) is 0 Å². The molecule has 0 atom stereocenters. The zero-order chi connectivity index (χ0) is 19.2. The number of hydrogen-bond acceptors (Lipinski definition) is 5. The second-order valence-corrected chi connectivity index (χ2v) is 8.43. The van der Waals surface area contributed by atoms with Gasteiger partial charge in [-0.1, -0.05) is 30.7 Å². The van der Waals surface area contributed by atoms with Crippen LogP contribution < -0.4 is 5.32 Å². The molecule has 1 aromatic carbocycles. The van der Waals surface area contributed by atoms with Crippen molar-refractivity contribution in [3.8, 4) is 0 Å². The molecular formula is C20H22ClN3OS2. The second-order valence-electron chi connectivity index (χ2n) is 6.16. The third-order valence-corrected chi connectivity index (χ3v) is 6.23. The number of rotatable bonds is 8. The van der Waals surface area contributed by atoms with Crippen molar-refractivity contribution in [2.75, 3.05) is 19.3 Å². The molecule has 0 aliphatic rings. The van der Waals surface area contributed by atoms with E-state index in [4.69, 9.17) is 11.6 Å². The van der Waals surface area contributed by atoms with Gasteiger partial charge in [0.2, 0.25) is 5.91 Å². The highest BCUT2D eigenvalue weighted by atomic mass is 35.5. The van der Waals surface area contributed by atoms with E-state index in [1.54, 1.807) is 23.1 Å². The van der Waals surface area contributed by atoms with Gasteiger partial charge in [-0.25, -0.2) is 4.98 Å². The standard InChI is InChI=1S/C20H22ClN3OS2/c1-3-24(13-19(25)22-11-17-5-4-8-27-17)12-15-9-14-6-7-16(26-2)10-18(14)23-20(15)21/h4-10H,3,11-13H2,1-2H3,(H,22,25). The molecule has 0 bridgehead atoms. The molecule has 0 saturated carbocycles. The Bertz CT molecular complexity index is 915. The molecule has 3 aromatic rings. The van der Waals surface area contributed by atoms with Crippen LogP contribution in [0, 0.1) is 0 Å². The minimum Gasteiger partial charge on any atom is -0.350 e. The number of amides is 1. The summed E-state index contributed by atoms with van der Waals surface area (Å²) in [4.78, 5) is 21.2. The SMILES string of the molecule is CCN(CC(=O)NCc1cccs1)Cc1cc2ccc(SC)cc2nc1Cl. The minimum atomic E-state index is 0.0136. The van der Waals surface area contributed by atoms with Crippen LogP contribution in [0.4, 0.5) is 0 Å². The highest BCUT2D eigenvalue weighted by molar-refractivity contribution is 7.98. The quantitative estimate of drug-likeness (QED) is 0.420. The molecule has 0 aliphatic heterocycles. The van der Waals surface area contributed by atoms with Gasteiger partial charge in [-0.3, -0.25) is 9.69 Å². The van der Waals surface area contributed by atoms with Crippen LogP contribution in [0.15, 0.2) is 46.7 Å². The van der Waals surface area contributed by atoms with Crippen LogP contribution in [-0.2, 0) is 17.9 Å². The molecule has 0 radical (unpaired) electrons. The summed E-state index contributed by atoms with van der Waals surface area (Å²) in [5.41, 5.74) is 1.83. The predicted molar refractivity (Wildman–Crippen MR) is 116 cm³/mol. The average Bonchev–Trinajstić information content (AvgIpc) is 3.19. The van der Waals surface area contributed by atoms with Crippen LogP contribution in [0.5, 0.6) is 0 Å². The number of likely N-dealkylation sites (N-methyl/N-ethyl adjacent to an activating group) is 1. The van der Waals surface area contributed by atoms with Crippen molar-refractivity contribution in [1.29, 1.82) is 0 Å². The van der Waals surface area contributed by atoms with Gasteiger partial charge in [-0.2, -0.15) is 0 Å². The molecule has 2 aromatic heterocycles. The van der Waals surface area contributed by atoms with Crippen LogP contribution >= 0.6 is 34.7 Å². The zero-order valence-corrected chi connectivity index (χ0v) is 17.8. The lowest BCUT2D eigenvalue weighted by Crippen LogP contribution is -2.36. The predicted octanol–water partition coefficient (Wildman–Crippen LogP) is 4.81. The summed E-state index contributed by atoms with van der Waals surface area (Å²) in [6, 6.07) is 12.3. The van der Waals surface area contributed by atoms with Crippen LogP contribution in [-0.4, -0.2) is 35.1 Å². The number of carbonyl (C=O) groups is 1. The number of fused-ring (bicyclic) bond motifs is 1. The molecule has 0 unspecified atom stereocenters. The normalized spacial score (nSPS) is 11.3. The Hall–Kier alpha value is -1.60. The highest BCUT2D eigenvalue weighted by Crippen LogP contribution is 2.25. The van der Waals surface area contributed by atoms with Crippen LogP contribution in [0.3, 0.4) is 0 Å². The molecule has 3 rings (SSSR count). The fourth-order valence-electron chi connectivity index (χ4n) is 2.78. The van der Waals surface area contributed by atoms with E-state index in [2.05, 4.69) is 33.4 Å². The Morgan fingerprint density at radius 3 is 2.89 bits per heavy atom. The number of nitrogens with one attached hydrogen (secondary N) is 1. The van der Waals surface area contributed by atoms with Crippen molar-refractivity contribution < 1.29 is 4.79 Å². The molecule has 1 N–H and O–H groups in total. The fraction of sp³-hybridized carbons (Fsp3) is 0.300. The average molecular weight is 420 g/mol. The Labute approximate surface area is 172 Å². The minimum absolute atomic E-state index is 0.0136. The molecule has 0 aliphatic carbocycles. The molecule has 2 heterocycles. The number of pyridine rings is 1. The van der Waals surface area contributed by atoms with Gasteiger partial charge in [0, 0.05) is 27.3 Å². The van der Waals surface area contributed by atoms with Crippen LogP contribution in [0.2, 0.25) is 5.15 Å². The fourth-order valence-corrected chi connectivity index (χ4v) is 4.07. The topological polar surface area (TPSA) is 45.2 Å². The molecule has 7 heteroatoms. The van der Waals surface area contributed by atoms with E-state index in [9.17, 15) is 4.79 Å². The van der Waals surface area contributed by atoms with E-state index in [1.165, 1.54) is 0 Å². The maximum absolute atomic E-state index is 12.3. The van der Waals surface area contributed by atoms with Crippen molar-refractivity contribution in [3.05, 3.63) is 57.4 Å². The van der Waals surface area contributed by atoms with Crippen molar-refractivity contribution in [1.82, 2.24) is 15.2 Å². The van der Waals surface area contributed by atoms with Crippen molar-refractivity contribution in [2.45, 2.75) is 24.9 Å². The lowest BCUT2D eigenvalue weighted by Gasteiger charge is -2.20. The van der Waals surface area contributed by atoms with E-state index in [-0.39, 0.29) is 5.91 Å². The lowest BCUT2D eigenvalue weighted by molar-refractivity contribution is -0.122. The van der Waals surface area contributed by atoms with Gasteiger partial charge in [0.25, 0.3) is 0 Å². The molecule has 0 spiro atoms. The second kappa shape index (κ2) is 9.55. The van der Waals surface area contributed by atoms with Crippen molar-refractivity contribution in [2.24, 2.45) is 0 Å². The van der Waals surface area contributed by atoms with E-state index < -0.39 is 0 Å². The number of carbonyl (C=O) groups excluding carboxylic acids is 1. The summed E-state index contributed by atoms with van der Waals surface area (Å²) in [6.07, 6.45) is 2.04. The van der Waals surface area contributed by atoms with Gasteiger partial charge in [0.15, 0.2) is 0 Å². The van der Waals surface area contributed by atoms with Gasteiger partial charge < -0.3 is 5.32 Å². The first-order chi connectivity index (χ1) is 13.1. The first-order valence-corrected chi connectivity index (χ1v) is 11.2. The summed E-state index contributed by atoms with van der Waals surface area (Å²) in [7, 11) is 0. The van der Waals surface area contributed by atoms with Gasteiger partial charge in [0.05, 0.1) is 18.6 Å². The maximum Gasteiger partial charge on any atom is 0.234 e. The van der Waals surface area contributed by atoms with E-state index >= 15 is 0 Å². The van der Waals surface area contributed by atoms with E-state index in [0.29, 0.717) is 24.8 Å². The molecule has 27 heavy (non-hydrogen) atoms. The van der Waals surface area contributed by atoms with Gasteiger partial charge in [-0.15, -0.1) is 23.1 Å². The first kappa shape index (κ1) is 20.1. The third-order valence-electron chi connectivity index (χ3n) is 4.30. The summed E-state index contributed by atoms with van der Waals surface area (Å²) in [5, 5.41) is 6.54. The van der Waals surface area contributed by atoms with E-state index in [1.807, 2.05) is 36.8 Å². The first-order valence-electron chi connectivity index (χ1n) is 8.73. The summed E-state index contributed by atoms with van der Waals surface area (Å²) in [5.74, 6) is 0.0136. The summed E-state index contributed by atoms with van der Waals surface area (Å²) >= 11 is 9.75. The molecule has 0 fully saturated rings. The number of thioether (sulfide) groups is 1. The lowest BCUT2D eigenvalue weighted by atomic mass is 10.1. The number of aromatic nitrogens is 1. The largest absolute Gasteiger partial charge is 0.350 e. The van der Waals surface area contributed by atoms with E-state index in [0.717, 1.165) is 32.8 Å². The van der Waals surface area contributed by atoms with Gasteiger partial charge >= 0.3 is 0 Å². The zero-order valence-electron chi connectivity index (χ0n) is 15.4. The van der Waals surface area contributed by atoms with Crippen LogP contribution in [0.25, 0.3) is 10.9 Å². The Balaban J connectivity index is 1.66. The smallest absolute Gasteiger partial charge is 0.234 e. The number of hydrogen-bond donors (Lipinski definition) is 1. The number of nitrogens with zero attached hydrogens (tertiary/aromatic N) is 2. The summed E-state index contributed by atoms with van der Waals surface area (Å²) in [6.45, 7) is 4.30. The monoisotopic (exact) mass is 419 g/mol. The number of benzene rings is 1. The molecule has 4 nitrogen and oxygen atoms in total. The van der Waals surface area contributed by atoms with Crippen LogP contribution in [0.1, 0.15) is 17.4 Å². The molecular weight excluding hydrogens is 398 g/mol. The summed E-state index contributed by atoms with van der Waals surface area (Å²) < 4.78 is 0. The van der Waals surface area contributed by atoms with Gasteiger partial charge in [0.1, 0.15) is 5.15 Å². The molecule has 1 amide bonds.